The second-order valence-electron chi connectivity index (χ2n) is 5.07. The maximum Gasteiger partial charge on any atom is 0.410 e. The Balaban J connectivity index is 0.000000606. The van der Waals surface area contributed by atoms with Crippen molar-refractivity contribution in [2.45, 2.75) is 46.6 Å². The summed E-state index contributed by atoms with van der Waals surface area (Å²) >= 11 is 0. The Morgan fingerprint density at radius 1 is 1.44 bits per heavy atom. The highest BCUT2D eigenvalue weighted by atomic mass is 16.6. The molecule has 1 heterocycles. The van der Waals surface area contributed by atoms with Crippen molar-refractivity contribution in [3.05, 3.63) is 11.6 Å². The normalized spacial score (nSPS) is 22.4. The standard InChI is InChI=1S/C11H17NO2.C2H6/c1-11(2,3)14-10(13)12-5-4-8-6-9(8)7-12;1-2/h4,9H,5-7H2,1-3H3;1-2H3. The summed E-state index contributed by atoms with van der Waals surface area (Å²) in [6.07, 6.45) is 3.15. The van der Waals surface area contributed by atoms with E-state index in [2.05, 4.69) is 6.08 Å². The van der Waals surface area contributed by atoms with Crippen LogP contribution in [0, 0.1) is 5.92 Å². The van der Waals surface area contributed by atoms with Gasteiger partial charge in [0.25, 0.3) is 0 Å². The van der Waals surface area contributed by atoms with Gasteiger partial charge in [-0.15, -0.1) is 0 Å². The predicted octanol–water partition coefficient (Wildman–Crippen LogP) is 3.21. The van der Waals surface area contributed by atoms with Crippen LogP contribution in [-0.4, -0.2) is 29.7 Å². The quantitative estimate of drug-likeness (QED) is 0.592. The molecule has 0 aromatic rings. The van der Waals surface area contributed by atoms with Gasteiger partial charge in [-0.2, -0.15) is 0 Å². The Kier molecular flexibility index (Phi) is 4.00. The molecule has 0 aromatic heterocycles. The van der Waals surface area contributed by atoms with Crippen molar-refractivity contribution in [3.8, 4) is 0 Å². The van der Waals surface area contributed by atoms with Crippen molar-refractivity contribution in [1.29, 1.82) is 0 Å². The van der Waals surface area contributed by atoms with E-state index in [1.54, 1.807) is 4.90 Å². The van der Waals surface area contributed by atoms with Crippen LogP contribution in [0.2, 0.25) is 0 Å². The summed E-state index contributed by atoms with van der Waals surface area (Å²) in [5, 5.41) is 0. The van der Waals surface area contributed by atoms with Gasteiger partial charge >= 0.3 is 6.09 Å². The fourth-order valence-corrected chi connectivity index (χ4v) is 1.70. The molecule has 0 bridgehead atoms. The highest BCUT2D eigenvalue weighted by Gasteiger charge is 2.36. The Morgan fingerprint density at radius 2 is 2.06 bits per heavy atom. The molecular weight excluding hydrogens is 202 g/mol. The van der Waals surface area contributed by atoms with E-state index in [9.17, 15) is 4.79 Å². The minimum atomic E-state index is -0.384. The molecule has 16 heavy (non-hydrogen) atoms. The lowest BCUT2D eigenvalue weighted by Crippen LogP contribution is -2.39. The molecule has 2 aliphatic rings. The number of carbonyl (C=O) groups excluding carboxylic acids is 1. The molecule has 92 valence electrons. The summed E-state index contributed by atoms with van der Waals surface area (Å²) in [5.74, 6) is 0.635. The largest absolute Gasteiger partial charge is 0.444 e. The predicted molar refractivity (Wildman–Crippen MR) is 65.3 cm³/mol. The molecule has 0 spiro atoms. The molecule has 1 aliphatic carbocycles. The van der Waals surface area contributed by atoms with Crippen LogP contribution in [0.25, 0.3) is 0 Å². The van der Waals surface area contributed by atoms with Crippen molar-refractivity contribution in [2.24, 2.45) is 5.92 Å². The molecule has 0 N–H and O–H groups in total. The number of carbonyl (C=O) groups is 1. The van der Waals surface area contributed by atoms with Crippen molar-refractivity contribution in [3.63, 3.8) is 0 Å². The summed E-state index contributed by atoms with van der Waals surface area (Å²) in [6.45, 7) is 11.3. The smallest absolute Gasteiger partial charge is 0.410 e. The van der Waals surface area contributed by atoms with Gasteiger partial charge in [0.05, 0.1) is 0 Å². The third kappa shape index (κ3) is 3.54. The summed E-state index contributed by atoms with van der Waals surface area (Å²) in [6, 6.07) is 0. The topological polar surface area (TPSA) is 29.5 Å². The molecule has 1 fully saturated rings. The molecule has 3 nitrogen and oxygen atoms in total. The van der Waals surface area contributed by atoms with Gasteiger partial charge in [-0.3, -0.25) is 0 Å². The average Bonchev–Trinajstić information content (AvgIpc) is 2.95. The van der Waals surface area contributed by atoms with Gasteiger partial charge in [-0.25, -0.2) is 4.79 Å². The molecule has 0 saturated heterocycles. The number of rotatable bonds is 0. The van der Waals surface area contributed by atoms with Crippen LogP contribution in [0.4, 0.5) is 4.79 Å². The molecular formula is C13H23NO2. The summed E-state index contributed by atoms with van der Waals surface area (Å²) in [7, 11) is 0. The van der Waals surface area contributed by atoms with E-state index in [1.807, 2.05) is 34.6 Å². The number of ether oxygens (including phenoxy) is 1. The van der Waals surface area contributed by atoms with Crippen molar-refractivity contribution >= 4 is 6.09 Å². The van der Waals surface area contributed by atoms with E-state index in [-0.39, 0.29) is 11.7 Å². The Labute approximate surface area is 98.5 Å². The SMILES string of the molecule is CC.CC(C)(C)OC(=O)N1CC=C2CC2C1. The number of amides is 1. The maximum absolute atomic E-state index is 11.7. The first kappa shape index (κ1) is 13.1. The van der Waals surface area contributed by atoms with Crippen LogP contribution in [-0.2, 0) is 4.74 Å². The summed E-state index contributed by atoms with van der Waals surface area (Å²) in [5.41, 5.74) is 1.13. The number of hydrogen-bond acceptors (Lipinski definition) is 2. The van der Waals surface area contributed by atoms with Gasteiger partial charge in [0.2, 0.25) is 0 Å². The fraction of sp³-hybridized carbons (Fsp3) is 0.769. The fourth-order valence-electron chi connectivity index (χ4n) is 1.70. The van der Waals surface area contributed by atoms with Crippen LogP contribution in [0.1, 0.15) is 41.0 Å². The second-order valence-corrected chi connectivity index (χ2v) is 5.07. The lowest BCUT2D eigenvalue weighted by atomic mass is 10.2. The van der Waals surface area contributed by atoms with Crippen LogP contribution >= 0.6 is 0 Å². The van der Waals surface area contributed by atoms with Gasteiger partial charge in [-0.05, 0) is 27.2 Å². The Bertz CT molecular complexity index is 289. The zero-order valence-corrected chi connectivity index (χ0v) is 11.0. The second kappa shape index (κ2) is 4.89. The van der Waals surface area contributed by atoms with E-state index < -0.39 is 0 Å². The van der Waals surface area contributed by atoms with E-state index in [4.69, 9.17) is 4.74 Å². The lowest BCUT2D eigenvalue weighted by molar-refractivity contribution is 0.0260. The number of fused-ring (bicyclic) bond motifs is 1. The zero-order chi connectivity index (χ0) is 12.3. The zero-order valence-electron chi connectivity index (χ0n) is 11.0. The molecule has 1 unspecified atom stereocenters. The lowest BCUT2D eigenvalue weighted by Gasteiger charge is -2.27. The minimum Gasteiger partial charge on any atom is -0.444 e. The van der Waals surface area contributed by atoms with Gasteiger partial charge in [0.1, 0.15) is 5.60 Å². The van der Waals surface area contributed by atoms with Crippen LogP contribution in [0.5, 0.6) is 0 Å². The summed E-state index contributed by atoms with van der Waals surface area (Å²) < 4.78 is 5.30. The van der Waals surface area contributed by atoms with Gasteiger partial charge < -0.3 is 9.64 Å². The molecule has 1 aliphatic heterocycles. The van der Waals surface area contributed by atoms with Gasteiger partial charge in [0.15, 0.2) is 0 Å². The molecule has 2 rings (SSSR count). The van der Waals surface area contributed by atoms with E-state index in [1.165, 1.54) is 12.0 Å². The molecule has 0 aromatic carbocycles. The van der Waals surface area contributed by atoms with Crippen molar-refractivity contribution in [1.82, 2.24) is 4.90 Å². The first-order valence-electron chi connectivity index (χ1n) is 6.12. The molecule has 0 radical (unpaired) electrons. The monoisotopic (exact) mass is 225 g/mol. The maximum atomic E-state index is 11.7. The Morgan fingerprint density at radius 3 is 2.56 bits per heavy atom. The first-order valence-corrected chi connectivity index (χ1v) is 6.12. The van der Waals surface area contributed by atoms with E-state index in [0.29, 0.717) is 5.92 Å². The third-order valence-corrected chi connectivity index (χ3v) is 2.51. The molecule has 1 saturated carbocycles. The highest BCUT2D eigenvalue weighted by Crippen LogP contribution is 2.40. The van der Waals surface area contributed by atoms with Gasteiger partial charge in [0, 0.05) is 19.0 Å². The highest BCUT2D eigenvalue weighted by molar-refractivity contribution is 5.69. The molecule has 1 atom stereocenters. The third-order valence-electron chi connectivity index (χ3n) is 2.51. The van der Waals surface area contributed by atoms with Crippen LogP contribution in [0.15, 0.2) is 11.6 Å². The summed E-state index contributed by atoms with van der Waals surface area (Å²) in [4.78, 5) is 13.4. The number of hydrogen-bond donors (Lipinski definition) is 0. The first-order chi connectivity index (χ1) is 7.46. The molecule has 3 heteroatoms. The van der Waals surface area contributed by atoms with Crippen LogP contribution < -0.4 is 0 Å². The van der Waals surface area contributed by atoms with E-state index in [0.717, 1.165) is 13.1 Å². The van der Waals surface area contributed by atoms with Crippen molar-refractivity contribution < 1.29 is 9.53 Å². The minimum absolute atomic E-state index is 0.181. The number of nitrogens with zero attached hydrogens (tertiary/aromatic N) is 1. The van der Waals surface area contributed by atoms with Gasteiger partial charge in [-0.1, -0.05) is 25.5 Å². The molecule has 1 amide bonds. The average molecular weight is 225 g/mol. The van der Waals surface area contributed by atoms with E-state index >= 15 is 0 Å². The Hall–Kier alpha value is -0.990. The van der Waals surface area contributed by atoms with Crippen LogP contribution in [0.3, 0.4) is 0 Å². The van der Waals surface area contributed by atoms with Crippen molar-refractivity contribution in [2.75, 3.05) is 13.1 Å².